The molecule has 1 aromatic heterocycles. The van der Waals surface area contributed by atoms with Crippen LogP contribution in [0.2, 0.25) is 0 Å². The van der Waals surface area contributed by atoms with E-state index in [2.05, 4.69) is 17.1 Å². The Hall–Kier alpha value is -1.88. The molecule has 0 unspecified atom stereocenters. The van der Waals surface area contributed by atoms with Crippen LogP contribution in [0.25, 0.3) is 0 Å². The van der Waals surface area contributed by atoms with Crippen LogP contribution in [0.1, 0.15) is 47.3 Å². The lowest BCUT2D eigenvalue weighted by Crippen LogP contribution is -2.29. The van der Waals surface area contributed by atoms with Crippen LogP contribution in [0, 0.1) is 0 Å². The highest BCUT2D eigenvalue weighted by molar-refractivity contribution is 7.98. The summed E-state index contributed by atoms with van der Waals surface area (Å²) in [6.07, 6.45) is 7.81. The summed E-state index contributed by atoms with van der Waals surface area (Å²) in [6.45, 7) is 0. The third-order valence-electron chi connectivity index (χ3n) is 4.59. The number of nitrogens with zero attached hydrogens (tertiary/aromatic N) is 2. The van der Waals surface area contributed by atoms with Gasteiger partial charge in [0.25, 0.3) is 0 Å². The first-order chi connectivity index (χ1) is 11.2. The average Bonchev–Trinajstić information content (AvgIpc) is 3.12. The van der Waals surface area contributed by atoms with E-state index in [4.69, 9.17) is 9.72 Å². The van der Waals surface area contributed by atoms with E-state index in [-0.39, 0.29) is 11.4 Å². The normalized spacial score (nSPS) is 16.3. The molecule has 0 radical (unpaired) electrons. The van der Waals surface area contributed by atoms with Gasteiger partial charge >= 0.3 is 5.97 Å². The summed E-state index contributed by atoms with van der Waals surface area (Å²) in [6, 6.07) is 10.4. The van der Waals surface area contributed by atoms with Gasteiger partial charge in [-0.3, -0.25) is 0 Å². The minimum Gasteiger partial charge on any atom is -0.465 e. The summed E-state index contributed by atoms with van der Waals surface area (Å²) >= 11 is 1.49. The van der Waals surface area contributed by atoms with Crippen LogP contribution in [-0.2, 0) is 10.2 Å². The third kappa shape index (κ3) is 2.85. The molecule has 2 aromatic rings. The summed E-state index contributed by atoms with van der Waals surface area (Å²) in [7, 11) is 1.40. The Morgan fingerprint density at radius 3 is 2.52 bits per heavy atom. The SMILES string of the molecule is COC(=O)c1cnc(SC)nc1C1(c2ccccc2)CCCC1. The number of hydrogen-bond acceptors (Lipinski definition) is 5. The second-order valence-electron chi connectivity index (χ2n) is 5.77. The molecule has 0 aliphatic heterocycles. The molecular weight excluding hydrogens is 308 g/mol. The number of carbonyl (C=O) groups is 1. The average molecular weight is 328 g/mol. The summed E-state index contributed by atoms with van der Waals surface area (Å²) < 4.78 is 4.97. The Morgan fingerprint density at radius 1 is 1.22 bits per heavy atom. The van der Waals surface area contributed by atoms with E-state index in [0.29, 0.717) is 10.7 Å². The van der Waals surface area contributed by atoms with E-state index in [9.17, 15) is 4.79 Å². The van der Waals surface area contributed by atoms with Crippen molar-refractivity contribution in [1.29, 1.82) is 0 Å². The van der Waals surface area contributed by atoms with Crippen LogP contribution >= 0.6 is 11.8 Å². The molecule has 1 aliphatic carbocycles. The number of hydrogen-bond donors (Lipinski definition) is 0. The Balaban J connectivity index is 2.22. The summed E-state index contributed by atoms with van der Waals surface area (Å²) in [4.78, 5) is 21.3. The van der Waals surface area contributed by atoms with Gasteiger partial charge in [-0.2, -0.15) is 0 Å². The second kappa shape index (κ2) is 6.71. The van der Waals surface area contributed by atoms with Gasteiger partial charge in [-0.05, 0) is 24.7 Å². The predicted molar refractivity (Wildman–Crippen MR) is 90.8 cm³/mol. The van der Waals surface area contributed by atoms with E-state index in [1.165, 1.54) is 24.4 Å². The molecule has 0 spiro atoms. The zero-order valence-electron chi connectivity index (χ0n) is 13.4. The lowest BCUT2D eigenvalue weighted by Gasteiger charge is -2.30. The number of thioether (sulfide) groups is 1. The first-order valence-corrected chi connectivity index (χ1v) is 8.99. The number of esters is 1. The van der Waals surface area contributed by atoms with Crippen LogP contribution in [0.4, 0.5) is 0 Å². The maximum atomic E-state index is 12.3. The number of benzene rings is 1. The molecule has 5 heteroatoms. The van der Waals surface area contributed by atoms with Gasteiger partial charge in [-0.15, -0.1) is 0 Å². The van der Waals surface area contributed by atoms with E-state index in [1.54, 1.807) is 6.20 Å². The van der Waals surface area contributed by atoms with Gasteiger partial charge in [0.2, 0.25) is 0 Å². The number of ether oxygens (including phenoxy) is 1. The first kappa shape index (κ1) is 16.0. The van der Waals surface area contributed by atoms with Crippen LogP contribution in [0.5, 0.6) is 0 Å². The second-order valence-corrected chi connectivity index (χ2v) is 6.54. The molecule has 0 atom stereocenters. The van der Waals surface area contributed by atoms with Gasteiger partial charge in [0.05, 0.1) is 12.8 Å². The lowest BCUT2D eigenvalue weighted by molar-refractivity contribution is 0.0596. The molecule has 1 aromatic carbocycles. The van der Waals surface area contributed by atoms with Crippen LogP contribution in [-0.4, -0.2) is 29.3 Å². The highest BCUT2D eigenvalue weighted by atomic mass is 32.2. The number of rotatable bonds is 4. The van der Waals surface area contributed by atoms with Crippen molar-refractivity contribution in [3.63, 3.8) is 0 Å². The molecule has 3 rings (SSSR count). The van der Waals surface area contributed by atoms with Crippen molar-refractivity contribution in [3.8, 4) is 0 Å². The minimum absolute atomic E-state index is 0.224. The zero-order chi connectivity index (χ0) is 16.3. The Bertz CT molecular complexity index is 697. The van der Waals surface area contributed by atoms with Gasteiger partial charge < -0.3 is 4.74 Å². The van der Waals surface area contributed by atoms with Crippen molar-refractivity contribution in [2.45, 2.75) is 36.3 Å². The van der Waals surface area contributed by atoms with Gasteiger partial charge in [0.1, 0.15) is 5.56 Å². The highest BCUT2D eigenvalue weighted by Crippen LogP contribution is 2.47. The Labute approximate surface area is 140 Å². The van der Waals surface area contributed by atoms with Crippen molar-refractivity contribution >= 4 is 17.7 Å². The largest absolute Gasteiger partial charge is 0.465 e. The lowest BCUT2D eigenvalue weighted by atomic mass is 9.74. The van der Waals surface area contributed by atoms with Crippen LogP contribution in [0.3, 0.4) is 0 Å². The predicted octanol–water partition coefficient (Wildman–Crippen LogP) is 3.85. The van der Waals surface area contributed by atoms with Gasteiger partial charge in [0.15, 0.2) is 5.16 Å². The number of aromatic nitrogens is 2. The molecule has 1 fully saturated rings. The minimum atomic E-state index is -0.366. The van der Waals surface area contributed by atoms with E-state index in [1.807, 2.05) is 24.5 Å². The molecule has 0 saturated heterocycles. The van der Waals surface area contributed by atoms with Crippen molar-refractivity contribution in [2.24, 2.45) is 0 Å². The molecule has 0 N–H and O–H groups in total. The maximum Gasteiger partial charge on any atom is 0.341 e. The molecule has 23 heavy (non-hydrogen) atoms. The molecule has 0 bridgehead atoms. The fourth-order valence-corrected chi connectivity index (χ4v) is 3.83. The molecule has 4 nitrogen and oxygen atoms in total. The fraction of sp³-hybridized carbons (Fsp3) is 0.389. The first-order valence-electron chi connectivity index (χ1n) is 7.76. The molecule has 1 heterocycles. The van der Waals surface area contributed by atoms with Crippen molar-refractivity contribution in [3.05, 3.63) is 53.3 Å². The topological polar surface area (TPSA) is 52.1 Å². The van der Waals surface area contributed by atoms with Crippen molar-refractivity contribution in [2.75, 3.05) is 13.4 Å². The summed E-state index contributed by atoms with van der Waals surface area (Å²) in [5, 5.41) is 0.690. The van der Waals surface area contributed by atoms with E-state index >= 15 is 0 Å². The Morgan fingerprint density at radius 2 is 1.91 bits per heavy atom. The zero-order valence-corrected chi connectivity index (χ0v) is 14.2. The highest BCUT2D eigenvalue weighted by Gasteiger charge is 2.41. The van der Waals surface area contributed by atoms with E-state index < -0.39 is 0 Å². The molecule has 0 amide bonds. The summed E-state index contributed by atoms with van der Waals surface area (Å²) in [5.74, 6) is -0.366. The number of carbonyl (C=O) groups excluding carboxylic acids is 1. The van der Waals surface area contributed by atoms with Crippen molar-refractivity contribution < 1.29 is 9.53 Å². The molecular formula is C18H20N2O2S. The fourth-order valence-electron chi connectivity index (χ4n) is 3.49. The maximum absolute atomic E-state index is 12.3. The number of methoxy groups -OCH3 is 1. The van der Waals surface area contributed by atoms with Gasteiger partial charge in [0, 0.05) is 11.6 Å². The quantitative estimate of drug-likeness (QED) is 0.485. The standard InChI is InChI=1S/C18H20N2O2S/c1-22-16(21)14-12-19-17(23-2)20-15(14)18(10-6-7-11-18)13-8-4-3-5-9-13/h3-5,8-9,12H,6-7,10-11H2,1-2H3. The van der Waals surface area contributed by atoms with E-state index in [0.717, 1.165) is 31.4 Å². The van der Waals surface area contributed by atoms with Crippen LogP contribution in [0.15, 0.2) is 41.7 Å². The third-order valence-corrected chi connectivity index (χ3v) is 5.15. The molecule has 1 aliphatic rings. The summed E-state index contributed by atoms with van der Waals surface area (Å²) in [5.41, 5.74) is 2.29. The smallest absolute Gasteiger partial charge is 0.341 e. The molecule has 1 saturated carbocycles. The van der Waals surface area contributed by atoms with Gasteiger partial charge in [-0.25, -0.2) is 14.8 Å². The van der Waals surface area contributed by atoms with Crippen molar-refractivity contribution in [1.82, 2.24) is 9.97 Å². The Kier molecular flexibility index (Phi) is 4.66. The molecule has 120 valence electrons. The van der Waals surface area contributed by atoms with Gasteiger partial charge in [-0.1, -0.05) is 54.9 Å². The van der Waals surface area contributed by atoms with Crippen LogP contribution < -0.4 is 0 Å². The monoisotopic (exact) mass is 328 g/mol.